The van der Waals surface area contributed by atoms with Crippen molar-refractivity contribution in [3.05, 3.63) is 44.8 Å². The number of pyridine rings is 1. The molecule has 0 aliphatic rings. The first-order chi connectivity index (χ1) is 8.74. The number of thiophene rings is 1. The van der Waals surface area contributed by atoms with Gasteiger partial charge in [0.25, 0.3) is 0 Å². The van der Waals surface area contributed by atoms with Crippen LogP contribution in [0.25, 0.3) is 0 Å². The van der Waals surface area contributed by atoms with Gasteiger partial charge < -0.3 is 10.1 Å². The Labute approximate surface area is 119 Å². The van der Waals surface area contributed by atoms with E-state index in [4.69, 9.17) is 4.74 Å². The summed E-state index contributed by atoms with van der Waals surface area (Å²) in [6.07, 6.45) is 3.59. The van der Waals surface area contributed by atoms with Gasteiger partial charge in [-0.2, -0.15) is 0 Å². The molecule has 1 N–H and O–H groups in total. The van der Waals surface area contributed by atoms with Gasteiger partial charge in [0.2, 0.25) is 0 Å². The molecule has 2 aromatic heterocycles. The van der Waals surface area contributed by atoms with E-state index in [-0.39, 0.29) is 6.04 Å². The van der Waals surface area contributed by atoms with E-state index in [0.29, 0.717) is 0 Å². The maximum atomic E-state index is 5.23. The number of hydrogen-bond donors (Lipinski definition) is 1. The normalized spacial score (nSPS) is 12.4. The summed E-state index contributed by atoms with van der Waals surface area (Å²) < 4.78 is 6.36. The predicted octanol–water partition coefficient (Wildman–Crippen LogP) is 3.61. The van der Waals surface area contributed by atoms with Crippen LogP contribution in [-0.2, 0) is 0 Å². The maximum Gasteiger partial charge on any atom is 0.137 e. The van der Waals surface area contributed by atoms with Gasteiger partial charge in [-0.15, -0.1) is 11.3 Å². The van der Waals surface area contributed by atoms with Crippen LogP contribution < -0.4 is 10.1 Å². The van der Waals surface area contributed by atoms with E-state index in [0.717, 1.165) is 21.6 Å². The van der Waals surface area contributed by atoms with Gasteiger partial charge in [-0.25, -0.2) is 0 Å². The highest BCUT2D eigenvalue weighted by Crippen LogP contribution is 2.30. The second kappa shape index (κ2) is 6.31. The topological polar surface area (TPSA) is 34.2 Å². The van der Waals surface area contributed by atoms with Crippen LogP contribution in [0.5, 0.6) is 5.75 Å². The fourth-order valence-corrected chi connectivity index (χ4v) is 3.01. The van der Waals surface area contributed by atoms with Crippen LogP contribution in [0, 0.1) is 0 Å². The molecular formula is C13H15BrN2OS. The molecule has 0 aromatic carbocycles. The number of ether oxygens (including phenoxy) is 1. The van der Waals surface area contributed by atoms with E-state index in [1.165, 1.54) is 5.56 Å². The Hall–Kier alpha value is -0.910. The van der Waals surface area contributed by atoms with Crippen molar-refractivity contribution >= 4 is 27.3 Å². The molecule has 1 unspecified atom stereocenters. The minimum absolute atomic E-state index is 0.153. The van der Waals surface area contributed by atoms with E-state index in [2.05, 4.69) is 44.6 Å². The Morgan fingerprint density at radius 1 is 1.39 bits per heavy atom. The van der Waals surface area contributed by atoms with Crippen LogP contribution in [-0.4, -0.2) is 18.6 Å². The summed E-state index contributed by atoms with van der Waals surface area (Å²) in [5, 5.41) is 5.62. The molecule has 3 nitrogen and oxygen atoms in total. The van der Waals surface area contributed by atoms with Crippen LogP contribution in [0.3, 0.4) is 0 Å². The maximum absolute atomic E-state index is 5.23. The van der Waals surface area contributed by atoms with Gasteiger partial charge in [0.15, 0.2) is 0 Å². The first kappa shape index (κ1) is 13.5. The highest BCUT2D eigenvalue weighted by molar-refractivity contribution is 9.11. The second-order valence-corrected chi connectivity index (χ2v) is 6.12. The lowest BCUT2D eigenvalue weighted by Crippen LogP contribution is -2.21. The fraction of sp³-hybridized carbons (Fsp3) is 0.308. The molecule has 0 fully saturated rings. The SMILES string of the molecule is CCNC(c1cncc(OC)c1)c1csc(Br)c1. The number of hydrogen-bond acceptors (Lipinski definition) is 4. The molecule has 0 spiro atoms. The minimum atomic E-state index is 0.153. The molecular weight excluding hydrogens is 312 g/mol. The standard InChI is InChI=1S/C13H15BrN2OS/c1-3-16-13(10-5-12(14)18-8-10)9-4-11(17-2)7-15-6-9/h4-8,13,16H,3H2,1-2H3. The Morgan fingerprint density at radius 2 is 2.22 bits per heavy atom. The lowest BCUT2D eigenvalue weighted by atomic mass is 10.0. The Balaban J connectivity index is 2.34. The van der Waals surface area contributed by atoms with Gasteiger partial charge in [0.05, 0.1) is 23.1 Å². The van der Waals surface area contributed by atoms with Crippen molar-refractivity contribution in [2.24, 2.45) is 0 Å². The number of methoxy groups -OCH3 is 1. The molecule has 0 radical (unpaired) electrons. The molecule has 1 atom stereocenters. The third-order valence-electron chi connectivity index (χ3n) is 2.63. The zero-order valence-corrected chi connectivity index (χ0v) is 12.7. The molecule has 0 amide bonds. The molecule has 0 bridgehead atoms. The molecule has 0 aliphatic carbocycles. The minimum Gasteiger partial charge on any atom is -0.495 e. The third-order valence-corrected chi connectivity index (χ3v) is 4.16. The summed E-state index contributed by atoms with van der Waals surface area (Å²) in [7, 11) is 1.66. The van der Waals surface area contributed by atoms with Crippen molar-refractivity contribution in [2.75, 3.05) is 13.7 Å². The molecule has 5 heteroatoms. The summed E-state index contributed by atoms with van der Waals surface area (Å²) in [5.41, 5.74) is 2.35. The summed E-state index contributed by atoms with van der Waals surface area (Å²) in [6, 6.07) is 4.31. The van der Waals surface area contributed by atoms with Crippen molar-refractivity contribution in [1.29, 1.82) is 0 Å². The van der Waals surface area contributed by atoms with Crippen LogP contribution in [0.2, 0.25) is 0 Å². The van der Waals surface area contributed by atoms with Gasteiger partial charge in [0, 0.05) is 6.20 Å². The molecule has 96 valence electrons. The number of rotatable bonds is 5. The van der Waals surface area contributed by atoms with Crippen LogP contribution >= 0.6 is 27.3 Å². The van der Waals surface area contributed by atoms with E-state index in [1.54, 1.807) is 24.6 Å². The largest absolute Gasteiger partial charge is 0.495 e. The van der Waals surface area contributed by atoms with Gasteiger partial charge >= 0.3 is 0 Å². The Bertz CT molecular complexity index is 515. The molecule has 0 saturated heterocycles. The van der Waals surface area contributed by atoms with Crippen LogP contribution in [0.1, 0.15) is 24.1 Å². The highest BCUT2D eigenvalue weighted by atomic mass is 79.9. The average molecular weight is 327 g/mol. The van der Waals surface area contributed by atoms with Gasteiger partial charge in [-0.05, 0) is 51.1 Å². The average Bonchev–Trinajstić information content (AvgIpc) is 2.82. The smallest absolute Gasteiger partial charge is 0.137 e. The molecule has 2 heterocycles. The van der Waals surface area contributed by atoms with E-state index in [9.17, 15) is 0 Å². The Morgan fingerprint density at radius 3 is 2.83 bits per heavy atom. The number of halogens is 1. The monoisotopic (exact) mass is 326 g/mol. The molecule has 0 saturated carbocycles. The lowest BCUT2D eigenvalue weighted by molar-refractivity contribution is 0.411. The summed E-state index contributed by atoms with van der Waals surface area (Å²) in [5.74, 6) is 0.782. The summed E-state index contributed by atoms with van der Waals surface area (Å²) in [4.78, 5) is 4.22. The first-order valence-corrected chi connectivity index (χ1v) is 7.38. The Kier molecular flexibility index (Phi) is 4.74. The summed E-state index contributed by atoms with van der Waals surface area (Å²) in [6.45, 7) is 3.00. The predicted molar refractivity (Wildman–Crippen MR) is 78.3 cm³/mol. The lowest BCUT2D eigenvalue weighted by Gasteiger charge is -2.17. The van der Waals surface area contributed by atoms with E-state index >= 15 is 0 Å². The van der Waals surface area contributed by atoms with Gasteiger partial charge in [0.1, 0.15) is 5.75 Å². The van der Waals surface area contributed by atoms with Crippen LogP contribution in [0.4, 0.5) is 0 Å². The second-order valence-electron chi connectivity index (χ2n) is 3.83. The number of nitrogens with zero attached hydrogens (tertiary/aromatic N) is 1. The molecule has 18 heavy (non-hydrogen) atoms. The first-order valence-electron chi connectivity index (χ1n) is 5.70. The molecule has 2 aromatic rings. The summed E-state index contributed by atoms with van der Waals surface area (Å²) >= 11 is 5.19. The quantitative estimate of drug-likeness (QED) is 0.911. The van der Waals surface area contributed by atoms with E-state index in [1.807, 2.05) is 12.3 Å². The molecule has 2 rings (SSSR count). The zero-order valence-electron chi connectivity index (χ0n) is 10.3. The van der Waals surface area contributed by atoms with Gasteiger partial charge in [-0.1, -0.05) is 6.92 Å². The third kappa shape index (κ3) is 3.10. The van der Waals surface area contributed by atoms with Crippen molar-refractivity contribution in [2.45, 2.75) is 13.0 Å². The van der Waals surface area contributed by atoms with Crippen LogP contribution in [0.15, 0.2) is 33.7 Å². The van der Waals surface area contributed by atoms with Crippen molar-refractivity contribution < 1.29 is 4.74 Å². The highest BCUT2D eigenvalue weighted by Gasteiger charge is 2.15. The van der Waals surface area contributed by atoms with Crippen molar-refractivity contribution in [3.63, 3.8) is 0 Å². The van der Waals surface area contributed by atoms with Crippen molar-refractivity contribution in [1.82, 2.24) is 10.3 Å². The fourth-order valence-electron chi connectivity index (χ4n) is 1.81. The van der Waals surface area contributed by atoms with Gasteiger partial charge in [-0.3, -0.25) is 4.98 Å². The molecule has 0 aliphatic heterocycles. The number of aromatic nitrogens is 1. The van der Waals surface area contributed by atoms with E-state index < -0.39 is 0 Å². The zero-order chi connectivity index (χ0) is 13.0. The number of nitrogens with one attached hydrogen (secondary N) is 1. The van der Waals surface area contributed by atoms with Crippen molar-refractivity contribution in [3.8, 4) is 5.75 Å².